The number of nitrogens with zero attached hydrogens (tertiary/aromatic N) is 2. The van der Waals surface area contributed by atoms with Crippen LogP contribution in [0.5, 0.6) is 0 Å². The van der Waals surface area contributed by atoms with E-state index in [-0.39, 0.29) is 12.3 Å². The zero-order valence-corrected chi connectivity index (χ0v) is 14.2. The fourth-order valence-electron chi connectivity index (χ4n) is 2.93. The third-order valence-corrected chi connectivity index (χ3v) is 4.39. The van der Waals surface area contributed by atoms with Crippen molar-refractivity contribution in [2.45, 2.75) is 31.9 Å². The van der Waals surface area contributed by atoms with Crippen LogP contribution in [-0.4, -0.2) is 21.7 Å². The molecule has 0 saturated heterocycles. The summed E-state index contributed by atoms with van der Waals surface area (Å²) in [6.07, 6.45) is 1.20. The lowest BCUT2D eigenvalue weighted by atomic mass is 9.97. The third kappa shape index (κ3) is 3.35. The molecular weight excluding hydrogens is 324 g/mol. The Morgan fingerprint density at radius 1 is 1.21 bits per heavy atom. The van der Waals surface area contributed by atoms with Crippen LogP contribution < -0.4 is 0 Å². The molecule has 1 unspecified atom stereocenters. The average Bonchev–Trinajstić information content (AvgIpc) is 2.90. The molecule has 0 aromatic heterocycles. The predicted octanol–water partition coefficient (Wildman–Crippen LogP) is 3.73. The van der Waals surface area contributed by atoms with E-state index in [0.29, 0.717) is 23.4 Å². The highest BCUT2D eigenvalue weighted by atomic mass is 35.5. The number of benzene rings is 2. The van der Waals surface area contributed by atoms with E-state index >= 15 is 0 Å². The Hall–Kier alpha value is -2.17. The van der Waals surface area contributed by atoms with Gasteiger partial charge in [0.2, 0.25) is 5.91 Å². The summed E-state index contributed by atoms with van der Waals surface area (Å²) in [6, 6.07) is 16.7. The Balaban J connectivity index is 1.78. The molecule has 1 aliphatic rings. The molecule has 3 rings (SSSR count). The first-order chi connectivity index (χ1) is 11.5. The van der Waals surface area contributed by atoms with E-state index in [2.05, 4.69) is 5.10 Å². The van der Waals surface area contributed by atoms with Gasteiger partial charge in [-0.05, 0) is 31.0 Å². The van der Waals surface area contributed by atoms with Crippen molar-refractivity contribution in [1.82, 2.24) is 5.01 Å². The van der Waals surface area contributed by atoms with E-state index in [4.69, 9.17) is 11.6 Å². The molecular formula is C19H19ClN2O2. The highest BCUT2D eigenvalue weighted by molar-refractivity contribution is 6.30. The SMILES string of the molecule is CC1=NN(C(=O)CCc2ccccc2)C(O)(c2ccc(Cl)cc2)C1. The van der Waals surface area contributed by atoms with Gasteiger partial charge >= 0.3 is 0 Å². The lowest BCUT2D eigenvalue weighted by molar-refractivity contribution is -0.157. The van der Waals surface area contributed by atoms with E-state index in [1.165, 1.54) is 5.01 Å². The fourth-order valence-corrected chi connectivity index (χ4v) is 3.05. The topological polar surface area (TPSA) is 52.9 Å². The first-order valence-electron chi connectivity index (χ1n) is 7.88. The monoisotopic (exact) mass is 342 g/mol. The summed E-state index contributed by atoms with van der Waals surface area (Å²) in [6.45, 7) is 1.81. The number of amides is 1. The van der Waals surface area contributed by atoms with Crippen molar-refractivity contribution in [2.24, 2.45) is 5.10 Å². The molecule has 0 bridgehead atoms. The first-order valence-corrected chi connectivity index (χ1v) is 8.26. The van der Waals surface area contributed by atoms with Crippen molar-refractivity contribution in [1.29, 1.82) is 0 Å². The number of aryl methyl sites for hydroxylation is 1. The quantitative estimate of drug-likeness (QED) is 0.920. The number of rotatable bonds is 4. The van der Waals surface area contributed by atoms with Gasteiger partial charge in [0.05, 0.1) is 0 Å². The molecule has 2 aromatic carbocycles. The minimum absolute atomic E-state index is 0.201. The third-order valence-electron chi connectivity index (χ3n) is 4.14. The second kappa shape index (κ2) is 6.75. The van der Waals surface area contributed by atoms with Crippen LogP contribution in [-0.2, 0) is 16.9 Å². The highest BCUT2D eigenvalue weighted by Crippen LogP contribution is 2.36. The van der Waals surface area contributed by atoms with Gasteiger partial charge in [-0.15, -0.1) is 0 Å². The summed E-state index contributed by atoms with van der Waals surface area (Å²) >= 11 is 5.92. The molecule has 0 spiro atoms. The summed E-state index contributed by atoms with van der Waals surface area (Å²) in [7, 11) is 0. The standard InChI is InChI=1S/C19H19ClN2O2/c1-14-13-19(24,16-8-10-17(20)11-9-16)22(21-14)18(23)12-7-15-5-3-2-4-6-15/h2-6,8-11,24H,7,12-13H2,1H3. The Morgan fingerprint density at radius 2 is 1.88 bits per heavy atom. The first kappa shape index (κ1) is 16.7. The van der Waals surface area contributed by atoms with Crippen LogP contribution in [0.25, 0.3) is 0 Å². The van der Waals surface area contributed by atoms with Crippen LogP contribution >= 0.6 is 11.6 Å². The maximum Gasteiger partial charge on any atom is 0.245 e. The van der Waals surface area contributed by atoms with Crippen molar-refractivity contribution in [3.05, 3.63) is 70.7 Å². The molecule has 1 heterocycles. The Labute approximate surface area is 146 Å². The normalized spacial score (nSPS) is 20.1. The van der Waals surface area contributed by atoms with Gasteiger partial charge in [0.1, 0.15) is 0 Å². The maximum absolute atomic E-state index is 12.7. The Kier molecular flexibility index (Phi) is 4.69. The van der Waals surface area contributed by atoms with Gasteiger partial charge in [0, 0.05) is 29.1 Å². The largest absolute Gasteiger partial charge is 0.365 e. The summed E-state index contributed by atoms with van der Waals surface area (Å²) in [5.41, 5.74) is 0.976. The molecule has 0 aliphatic carbocycles. The molecule has 2 aromatic rings. The van der Waals surface area contributed by atoms with Gasteiger partial charge in [0.25, 0.3) is 0 Å². The molecule has 0 fully saturated rings. The van der Waals surface area contributed by atoms with Crippen LogP contribution in [0.15, 0.2) is 59.7 Å². The van der Waals surface area contributed by atoms with E-state index < -0.39 is 5.72 Å². The van der Waals surface area contributed by atoms with Crippen LogP contribution in [0, 0.1) is 0 Å². The molecule has 24 heavy (non-hydrogen) atoms. The molecule has 1 aliphatic heterocycles. The lowest BCUT2D eigenvalue weighted by Gasteiger charge is -2.31. The number of hydrogen-bond donors (Lipinski definition) is 1. The number of carbonyl (C=O) groups excluding carboxylic acids is 1. The van der Waals surface area contributed by atoms with Crippen molar-refractivity contribution in [3.8, 4) is 0 Å². The second-order valence-corrected chi connectivity index (χ2v) is 6.46. The van der Waals surface area contributed by atoms with Gasteiger partial charge in [-0.3, -0.25) is 4.79 Å². The molecule has 5 heteroatoms. The van der Waals surface area contributed by atoms with E-state index in [1.807, 2.05) is 37.3 Å². The molecule has 0 radical (unpaired) electrons. The summed E-state index contributed by atoms with van der Waals surface area (Å²) in [5, 5.41) is 17.2. The Bertz CT molecular complexity index is 759. The molecule has 124 valence electrons. The van der Waals surface area contributed by atoms with Crippen molar-refractivity contribution in [3.63, 3.8) is 0 Å². The number of hydrogen-bond acceptors (Lipinski definition) is 3. The summed E-state index contributed by atoms with van der Waals surface area (Å²) in [5.74, 6) is -0.201. The summed E-state index contributed by atoms with van der Waals surface area (Å²) in [4.78, 5) is 12.7. The van der Waals surface area contributed by atoms with Gasteiger partial charge in [-0.25, -0.2) is 0 Å². The number of halogens is 1. The zero-order valence-electron chi connectivity index (χ0n) is 13.4. The number of hydrazone groups is 1. The van der Waals surface area contributed by atoms with E-state index in [0.717, 1.165) is 11.3 Å². The highest BCUT2D eigenvalue weighted by Gasteiger charge is 2.44. The predicted molar refractivity (Wildman–Crippen MR) is 94.7 cm³/mol. The fraction of sp³-hybridized carbons (Fsp3) is 0.263. The van der Waals surface area contributed by atoms with Gasteiger partial charge in [-0.2, -0.15) is 10.1 Å². The number of carbonyl (C=O) groups is 1. The van der Waals surface area contributed by atoms with Crippen molar-refractivity contribution < 1.29 is 9.90 Å². The minimum atomic E-state index is -1.44. The molecule has 0 saturated carbocycles. The maximum atomic E-state index is 12.7. The number of aliphatic hydroxyl groups is 1. The van der Waals surface area contributed by atoms with E-state index in [1.54, 1.807) is 24.3 Å². The Morgan fingerprint density at radius 3 is 2.54 bits per heavy atom. The van der Waals surface area contributed by atoms with Crippen LogP contribution in [0.3, 0.4) is 0 Å². The van der Waals surface area contributed by atoms with Gasteiger partial charge < -0.3 is 5.11 Å². The van der Waals surface area contributed by atoms with Gasteiger partial charge in [-0.1, -0.05) is 54.1 Å². The minimum Gasteiger partial charge on any atom is -0.365 e. The van der Waals surface area contributed by atoms with Crippen molar-refractivity contribution >= 4 is 23.2 Å². The molecule has 1 amide bonds. The van der Waals surface area contributed by atoms with E-state index in [9.17, 15) is 9.90 Å². The summed E-state index contributed by atoms with van der Waals surface area (Å²) < 4.78 is 0. The van der Waals surface area contributed by atoms with Crippen LogP contribution in [0.2, 0.25) is 5.02 Å². The molecule has 1 N–H and O–H groups in total. The smallest absolute Gasteiger partial charge is 0.245 e. The van der Waals surface area contributed by atoms with Crippen LogP contribution in [0.1, 0.15) is 30.9 Å². The van der Waals surface area contributed by atoms with Crippen LogP contribution in [0.4, 0.5) is 0 Å². The lowest BCUT2D eigenvalue weighted by Crippen LogP contribution is -2.43. The van der Waals surface area contributed by atoms with Crippen molar-refractivity contribution in [2.75, 3.05) is 0 Å². The molecule has 1 atom stereocenters. The second-order valence-electron chi connectivity index (χ2n) is 6.03. The molecule has 4 nitrogen and oxygen atoms in total. The van der Waals surface area contributed by atoms with Gasteiger partial charge in [0.15, 0.2) is 5.72 Å². The zero-order chi connectivity index (χ0) is 17.2. The average molecular weight is 343 g/mol.